The lowest BCUT2D eigenvalue weighted by atomic mass is 10.0. The standard InChI is InChI=1S/C17H16NS.HI/c1-18-16-11-7-6-10-14(16)15(12-17(18)19-2)13-8-4-3-5-9-13;/h3-12H,1-2H3;1H/q+1;/p-1. The van der Waals surface area contributed by atoms with Crippen molar-refractivity contribution in [2.75, 3.05) is 6.26 Å². The smallest absolute Gasteiger partial charge is 0.240 e. The SMILES string of the molecule is CSc1cc(-c2ccccc2)c2ccccc2[n+]1C.[I-]. The van der Waals surface area contributed by atoms with Crippen LogP contribution in [0, 0.1) is 0 Å². The molecule has 0 saturated carbocycles. The number of rotatable bonds is 2. The molecular weight excluding hydrogens is 377 g/mol. The highest BCUT2D eigenvalue weighted by molar-refractivity contribution is 7.98. The van der Waals surface area contributed by atoms with Gasteiger partial charge in [-0.2, -0.15) is 4.57 Å². The van der Waals surface area contributed by atoms with Gasteiger partial charge in [0, 0.05) is 17.7 Å². The van der Waals surface area contributed by atoms with E-state index in [2.05, 4.69) is 78.5 Å². The quantitative estimate of drug-likeness (QED) is 0.358. The molecule has 20 heavy (non-hydrogen) atoms. The van der Waals surface area contributed by atoms with Crippen molar-refractivity contribution in [2.45, 2.75) is 5.03 Å². The highest BCUT2D eigenvalue weighted by Gasteiger charge is 2.15. The summed E-state index contributed by atoms with van der Waals surface area (Å²) in [6, 6.07) is 21.5. The summed E-state index contributed by atoms with van der Waals surface area (Å²) >= 11 is 1.78. The molecule has 0 N–H and O–H groups in total. The second-order valence-electron chi connectivity index (χ2n) is 4.54. The molecule has 0 atom stereocenters. The number of nitrogens with zero attached hydrogens (tertiary/aromatic N) is 1. The Bertz CT molecular complexity index is 726. The van der Waals surface area contributed by atoms with Gasteiger partial charge in [0.05, 0.1) is 5.39 Å². The Morgan fingerprint density at radius 1 is 0.900 bits per heavy atom. The number of hydrogen-bond donors (Lipinski definition) is 0. The second kappa shape index (κ2) is 6.59. The van der Waals surface area contributed by atoms with Crippen molar-refractivity contribution < 1.29 is 28.5 Å². The Kier molecular flexibility index (Phi) is 5.05. The lowest BCUT2D eigenvalue weighted by Crippen LogP contribution is -3.00. The van der Waals surface area contributed by atoms with Crippen LogP contribution < -0.4 is 28.5 Å². The summed E-state index contributed by atoms with van der Waals surface area (Å²) in [5, 5.41) is 2.58. The number of thioether (sulfide) groups is 1. The fourth-order valence-electron chi connectivity index (χ4n) is 2.46. The average Bonchev–Trinajstić information content (AvgIpc) is 2.49. The molecule has 0 aliphatic heterocycles. The number of aryl methyl sites for hydroxylation is 1. The molecule has 3 heteroatoms. The Labute approximate surface area is 141 Å². The van der Waals surface area contributed by atoms with Gasteiger partial charge in [-0.1, -0.05) is 54.2 Å². The maximum atomic E-state index is 2.28. The summed E-state index contributed by atoms with van der Waals surface area (Å²) < 4.78 is 2.26. The first-order valence-electron chi connectivity index (χ1n) is 6.32. The minimum atomic E-state index is 0. The van der Waals surface area contributed by atoms with Gasteiger partial charge >= 0.3 is 0 Å². The van der Waals surface area contributed by atoms with E-state index in [0.717, 1.165) is 0 Å². The summed E-state index contributed by atoms with van der Waals surface area (Å²) in [6.45, 7) is 0. The number of fused-ring (bicyclic) bond motifs is 1. The molecule has 0 unspecified atom stereocenters. The number of benzene rings is 2. The van der Waals surface area contributed by atoms with E-state index in [1.165, 1.54) is 27.1 Å². The minimum Gasteiger partial charge on any atom is -1.00 e. The summed E-state index contributed by atoms with van der Waals surface area (Å²) in [4.78, 5) is 0. The van der Waals surface area contributed by atoms with Gasteiger partial charge < -0.3 is 24.0 Å². The van der Waals surface area contributed by atoms with Crippen LogP contribution in [0.25, 0.3) is 22.0 Å². The van der Waals surface area contributed by atoms with E-state index in [-0.39, 0.29) is 24.0 Å². The van der Waals surface area contributed by atoms with Crippen LogP contribution in [0.4, 0.5) is 0 Å². The van der Waals surface area contributed by atoms with Crippen LogP contribution >= 0.6 is 11.8 Å². The number of aromatic nitrogens is 1. The average molecular weight is 393 g/mol. The van der Waals surface area contributed by atoms with Gasteiger partial charge in [-0.25, -0.2) is 0 Å². The fourth-order valence-corrected chi connectivity index (χ4v) is 3.07. The van der Waals surface area contributed by atoms with E-state index in [0.29, 0.717) is 0 Å². The van der Waals surface area contributed by atoms with Gasteiger partial charge in [-0.15, -0.1) is 0 Å². The van der Waals surface area contributed by atoms with Gasteiger partial charge in [0.25, 0.3) is 0 Å². The van der Waals surface area contributed by atoms with E-state index in [1.807, 2.05) is 0 Å². The summed E-state index contributed by atoms with van der Waals surface area (Å²) in [7, 11) is 2.13. The fraction of sp³-hybridized carbons (Fsp3) is 0.118. The minimum absolute atomic E-state index is 0. The maximum Gasteiger partial charge on any atom is 0.240 e. The third-order valence-corrected chi connectivity index (χ3v) is 4.26. The first kappa shape index (κ1) is 15.3. The van der Waals surface area contributed by atoms with Crippen molar-refractivity contribution in [3.63, 3.8) is 0 Å². The van der Waals surface area contributed by atoms with Crippen LogP contribution in [0.15, 0.2) is 65.7 Å². The number of halogens is 1. The van der Waals surface area contributed by atoms with E-state index in [4.69, 9.17) is 0 Å². The highest BCUT2D eigenvalue weighted by atomic mass is 127. The molecule has 102 valence electrons. The molecule has 0 bridgehead atoms. The molecule has 0 aliphatic carbocycles. The second-order valence-corrected chi connectivity index (χ2v) is 5.37. The zero-order chi connectivity index (χ0) is 13.2. The molecule has 1 nitrogen and oxygen atoms in total. The molecule has 0 saturated heterocycles. The normalized spacial score (nSPS) is 10.3. The van der Waals surface area contributed by atoms with Crippen LogP contribution in [0.2, 0.25) is 0 Å². The first-order valence-corrected chi connectivity index (χ1v) is 7.55. The number of hydrogen-bond acceptors (Lipinski definition) is 1. The molecule has 0 amide bonds. The van der Waals surface area contributed by atoms with Gasteiger partial charge in [0.1, 0.15) is 7.05 Å². The van der Waals surface area contributed by atoms with E-state index in [1.54, 1.807) is 11.8 Å². The molecule has 1 aromatic heterocycles. The summed E-state index contributed by atoms with van der Waals surface area (Å²) in [5.74, 6) is 0. The number of pyridine rings is 1. The Hall–Kier alpha value is -1.07. The van der Waals surface area contributed by atoms with Crippen molar-refractivity contribution in [2.24, 2.45) is 7.05 Å². The van der Waals surface area contributed by atoms with Gasteiger partial charge in [0.2, 0.25) is 10.5 Å². The Morgan fingerprint density at radius 3 is 2.25 bits per heavy atom. The topological polar surface area (TPSA) is 3.88 Å². The summed E-state index contributed by atoms with van der Waals surface area (Å²) in [6.07, 6.45) is 2.12. The van der Waals surface area contributed by atoms with Crippen LogP contribution in [0.3, 0.4) is 0 Å². The predicted molar refractivity (Wildman–Crippen MR) is 82.3 cm³/mol. The van der Waals surface area contributed by atoms with Crippen molar-refractivity contribution in [3.8, 4) is 11.1 Å². The first-order chi connectivity index (χ1) is 9.31. The molecular formula is C17H16INS. The molecule has 0 aliphatic rings. The van der Waals surface area contributed by atoms with Crippen LogP contribution in [0.5, 0.6) is 0 Å². The van der Waals surface area contributed by atoms with Crippen LogP contribution in [-0.4, -0.2) is 6.26 Å². The highest BCUT2D eigenvalue weighted by Crippen LogP contribution is 2.29. The Balaban J connectivity index is 0.00000147. The zero-order valence-electron chi connectivity index (χ0n) is 11.5. The van der Waals surface area contributed by atoms with E-state index in [9.17, 15) is 0 Å². The van der Waals surface area contributed by atoms with E-state index >= 15 is 0 Å². The molecule has 0 spiro atoms. The van der Waals surface area contributed by atoms with Crippen molar-refractivity contribution in [1.82, 2.24) is 0 Å². The predicted octanol–water partition coefficient (Wildman–Crippen LogP) is 1.06. The Morgan fingerprint density at radius 2 is 1.55 bits per heavy atom. The lowest BCUT2D eigenvalue weighted by Gasteiger charge is -2.08. The van der Waals surface area contributed by atoms with Crippen LogP contribution in [0.1, 0.15) is 0 Å². The zero-order valence-corrected chi connectivity index (χ0v) is 14.5. The molecule has 0 radical (unpaired) electrons. The van der Waals surface area contributed by atoms with Crippen molar-refractivity contribution >= 4 is 22.7 Å². The van der Waals surface area contributed by atoms with Gasteiger partial charge in [-0.3, -0.25) is 0 Å². The molecule has 2 aromatic carbocycles. The number of para-hydroxylation sites is 1. The molecule has 0 fully saturated rings. The van der Waals surface area contributed by atoms with E-state index < -0.39 is 0 Å². The maximum absolute atomic E-state index is 2.28. The van der Waals surface area contributed by atoms with Gasteiger partial charge in [0.15, 0.2) is 0 Å². The third-order valence-electron chi connectivity index (χ3n) is 3.45. The molecule has 3 rings (SSSR count). The summed E-state index contributed by atoms with van der Waals surface area (Å²) in [5.41, 5.74) is 3.85. The largest absolute Gasteiger partial charge is 1.00 e. The van der Waals surface area contributed by atoms with Crippen molar-refractivity contribution in [1.29, 1.82) is 0 Å². The van der Waals surface area contributed by atoms with Crippen molar-refractivity contribution in [3.05, 3.63) is 60.7 Å². The third kappa shape index (κ3) is 2.69. The molecule has 1 heterocycles. The van der Waals surface area contributed by atoms with Gasteiger partial charge in [-0.05, 0) is 17.9 Å². The van der Waals surface area contributed by atoms with Crippen LogP contribution in [-0.2, 0) is 7.05 Å². The lowest BCUT2D eigenvalue weighted by molar-refractivity contribution is -0.683. The molecule has 3 aromatic rings. The monoisotopic (exact) mass is 393 g/mol.